The molecule has 1 aliphatic rings. The highest BCUT2D eigenvalue weighted by molar-refractivity contribution is 6.30. The minimum Gasteiger partial charge on any atom is -0.477 e. The molecule has 27 heavy (non-hydrogen) atoms. The van der Waals surface area contributed by atoms with Gasteiger partial charge in [-0.1, -0.05) is 17.7 Å². The first-order valence-electron chi connectivity index (χ1n) is 8.30. The second-order valence-corrected chi connectivity index (χ2v) is 6.60. The molecule has 3 heterocycles. The molecule has 0 radical (unpaired) electrons. The zero-order valence-corrected chi connectivity index (χ0v) is 15.2. The van der Waals surface area contributed by atoms with E-state index in [1.165, 1.54) is 12.3 Å². The number of pyridine rings is 2. The predicted molar refractivity (Wildman–Crippen MR) is 92.4 cm³/mol. The van der Waals surface area contributed by atoms with Gasteiger partial charge in [-0.25, -0.2) is 9.97 Å². The fourth-order valence-corrected chi connectivity index (χ4v) is 3.32. The molecule has 2 unspecified atom stereocenters. The molecule has 3 rings (SSSR count). The van der Waals surface area contributed by atoms with Crippen molar-refractivity contribution in [2.75, 3.05) is 6.61 Å². The molecule has 0 fully saturated rings. The van der Waals surface area contributed by atoms with Crippen molar-refractivity contribution in [3.63, 3.8) is 0 Å². The van der Waals surface area contributed by atoms with Crippen molar-refractivity contribution in [2.24, 2.45) is 0 Å². The van der Waals surface area contributed by atoms with Crippen LogP contribution in [0, 0.1) is 0 Å². The van der Waals surface area contributed by atoms with Gasteiger partial charge in [0.1, 0.15) is 11.4 Å². The lowest BCUT2D eigenvalue weighted by Gasteiger charge is -2.28. The van der Waals surface area contributed by atoms with Crippen LogP contribution in [0.4, 0.5) is 13.2 Å². The van der Waals surface area contributed by atoms with E-state index in [0.717, 1.165) is 23.0 Å². The summed E-state index contributed by atoms with van der Waals surface area (Å²) in [5, 5.41) is 0.376. The Hall–Kier alpha value is -2.19. The Bertz CT molecular complexity index is 814. The monoisotopic (exact) mass is 399 g/mol. The normalized spacial score (nSPS) is 18.2. The van der Waals surface area contributed by atoms with Gasteiger partial charge in [0.05, 0.1) is 19.1 Å². The number of carbonyl (C=O) groups is 1. The highest BCUT2D eigenvalue weighted by Gasteiger charge is 2.35. The molecule has 0 aliphatic carbocycles. The van der Waals surface area contributed by atoms with Crippen molar-refractivity contribution < 1.29 is 22.7 Å². The van der Waals surface area contributed by atoms with Crippen molar-refractivity contribution in [2.45, 2.75) is 38.1 Å². The van der Waals surface area contributed by atoms with Gasteiger partial charge in [-0.15, -0.1) is 0 Å². The Morgan fingerprint density at radius 1 is 1.37 bits per heavy atom. The molecule has 5 nitrogen and oxygen atoms in total. The van der Waals surface area contributed by atoms with Crippen molar-refractivity contribution in [3.05, 3.63) is 52.4 Å². The van der Waals surface area contributed by atoms with Crippen LogP contribution in [0.1, 0.15) is 42.1 Å². The lowest BCUT2D eigenvalue weighted by molar-refractivity contribution is -0.139. The summed E-state index contributed by atoms with van der Waals surface area (Å²) >= 11 is 6.15. The Labute approximate surface area is 159 Å². The fraction of sp³-hybridized carbons (Fsp3) is 0.389. The van der Waals surface area contributed by atoms with Gasteiger partial charge in [-0.3, -0.25) is 4.90 Å². The second kappa shape index (κ2) is 7.82. The summed E-state index contributed by atoms with van der Waals surface area (Å²) in [6.45, 7) is 1.91. The lowest BCUT2D eigenvalue weighted by Crippen LogP contribution is -2.26. The highest BCUT2D eigenvalue weighted by atomic mass is 35.5. The lowest BCUT2D eigenvalue weighted by atomic mass is 10.1. The topological polar surface area (TPSA) is 55.3 Å². The number of hydrogen-bond acceptors (Lipinski definition) is 5. The Morgan fingerprint density at radius 2 is 2.15 bits per heavy atom. The van der Waals surface area contributed by atoms with Gasteiger partial charge >= 0.3 is 6.18 Å². The summed E-state index contributed by atoms with van der Waals surface area (Å²) in [7, 11) is 0. The van der Waals surface area contributed by atoms with Gasteiger partial charge < -0.3 is 9.53 Å². The molecular formula is C18H17ClF3N3O2. The van der Waals surface area contributed by atoms with Crippen molar-refractivity contribution in [3.8, 4) is 5.88 Å². The summed E-state index contributed by atoms with van der Waals surface area (Å²) in [6.07, 6.45) is -1.33. The highest BCUT2D eigenvalue weighted by Crippen LogP contribution is 2.40. The molecule has 144 valence electrons. The van der Waals surface area contributed by atoms with Crippen LogP contribution < -0.4 is 4.74 Å². The number of hydrogen-bond donors (Lipinski definition) is 0. The quantitative estimate of drug-likeness (QED) is 0.536. The van der Waals surface area contributed by atoms with E-state index in [2.05, 4.69) is 9.97 Å². The fourth-order valence-electron chi connectivity index (χ4n) is 3.09. The number of rotatable bonds is 6. The zero-order valence-electron chi connectivity index (χ0n) is 14.4. The maximum Gasteiger partial charge on any atom is 0.392 e. The first-order valence-corrected chi connectivity index (χ1v) is 8.68. The number of fused-ring (bicyclic) bond motifs is 1. The predicted octanol–water partition coefficient (Wildman–Crippen LogP) is 4.28. The minimum atomic E-state index is -4.26. The zero-order chi connectivity index (χ0) is 19.6. The number of aromatic nitrogens is 2. The Kier molecular flexibility index (Phi) is 5.67. The molecule has 9 heteroatoms. The number of carbonyl (C=O) groups excluding carboxylic acids is 1. The molecule has 2 aromatic heterocycles. The van der Waals surface area contributed by atoms with Gasteiger partial charge in [-0.05, 0) is 24.1 Å². The Morgan fingerprint density at radius 3 is 2.78 bits per heavy atom. The largest absolute Gasteiger partial charge is 0.477 e. The molecule has 0 N–H and O–H groups in total. The van der Waals surface area contributed by atoms with E-state index in [1.54, 1.807) is 18.3 Å². The van der Waals surface area contributed by atoms with Crippen LogP contribution in [-0.4, -0.2) is 33.9 Å². The summed E-state index contributed by atoms with van der Waals surface area (Å²) in [5.74, 6) is 0.124. The molecule has 0 bridgehead atoms. The first kappa shape index (κ1) is 19.6. The number of alkyl halides is 3. The molecule has 0 amide bonds. The Balaban J connectivity index is 1.70. The van der Waals surface area contributed by atoms with Crippen LogP contribution in [-0.2, 0) is 11.3 Å². The van der Waals surface area contributed by atoms with Crippen molar-refractivity contribution in [1.82, 2.24) is 14.9 Å². The van der Waals surface area contributed by atoms with E-state index < -0.39 is 25.2 Å². The average Bonchev–Trinajstić information content (AvgIpc) is 3.00. The second-order valence-electron chi connectivity index (χ2n) is 6.24. The molecule has 1 aliphatic heterocycles. The standard InChI is InChI=1S/C18H17ClF3N3O2/c1-11(12-2-3-16(24-8-12)27-7-5-18(20,21)22)25-9-14-13(15(25)10-26)4-6-23-17(14)19/h2-4,6,8,10-11,15H,5,7,9H2,1H3. The van der Waals surface area contributed by atoms with Gasteiger partial charge in [0, 0.05) is 36.6 Å². The third-order valence-corrected chi connectivity index (χ3v) is 4.89. The number of ether oxygens (including phenoxy) is 1. The number of aldehydes is 1. The van der Waals surface area contributed by atoms with Crippen molar-refractivity contribution >= 4 is 17.9 Å². The number of halogens is 4. The van der Waals surface area contributed by atoms with E-state index >= 15 is 0 Å². The molecule has 0 spiro atoms. The summed E-state index contributed by atoms with van der Waals surface area (Å²) in [5.41, 5.74) is 2.46. The molecule has 0 saturated carbocycles. The summed E-state index contributed by atoms with van der Waals surface area (Å²) in [6, 6.07) is 4.42. The van der Waals surface area contributed by atoms with Gasteiger partial charge in [0.2, 0.25) is 5.88 Å². The van der Waals surface area contributed by atoms with Gasteiger partial charge in [-0.2, -0.15) is 13.2 Å². The average molecular weight is 400 g/mol. The van der Waals surface area contributed by atoms with Crippen LogP contribution in [0.2, 0.25) is 5.15 Å². The van der Waals surface area contributed by atoms with E-state index in [9.17, 15) is 18.0 Å². The SMILES string of the molecule is CC(c1ccc(OCCC(F)(F)F)nc1)N1Cc2c(ccnc2Cl)C1C=O. The molecule has 2 aromatic rings. The maximum atomic E-state index is 12.2. The van der Waals surface area contributed by atoms with E-state index in [1.807, 2.05) is 11.8 Å². The maximum absolute atomic E-state index is 12.2. The molecular weight excluding hydrogens is 383 g/mol. The molecule has 2 atom stereocenters. The van der Waals surface area contributed by atoms with Crippen LogP contribution in [0.3, 0.4) is 0 Å². The molecule has 0 saturated heterocycles. The van der Waals surface area contributed by atoms with Crippen LogP contribution in [0.5, 0.6) is 5.88 Å². The van der Waals surface area contributed by atoms with E-state index in [4.69, 9.17) is 16.3 Å². The molecule has 0 aromatic carbocycles. The van der Waals surface area contributed by atoms with Crippen LogP contribution in [0.15, 0.2) is 30.6 Å². The van der Waals surface area contributed by atoms with E-state index in [0.29, 0.717) is 11.7 Å². The van der Waals surface area contributed by atoms with E-state index in [-0.39, 0.29) is 11.9 Å². The van der Waals surface area contributed by atoms with Gasteiger partial charge in [0.25, 0.3) is 0 Å². The van der Waals surface area contributed by atoms with Crippen LogP contribution >= 0.6 is 11.6 Å². The minimum absolute atomic E-state index is 0.124. The first-order chi connectivity index (χ1) is 12.8. The van der Waals surface area contributed by atoms with Gasteiger partial charge in [0.15, 0.2) is 0 Å². The smallest absolute Gasteiger partial charge is 0.392 e. The third-order valence-electron chi connectivity index (χ3n) is 4.56. The summed E-state index contributed by atoms with van der Waals surface area (Å²) in [4.78, 5) is 21.7. The summed E-state index contributed by atoms with van der Waals surface area (Å²) < 4.78 is 41.5. The van der Waals surface area contributed by atoms with Crippen molar-refractivity contribution in [1.29, 1.82) is 0 Å². The number of nitrogens with zero attached hydrogens (tertiary/aromatic N) is 3. The third kappa shape index (κ3) is 4.39. The van der Waals surface area contributed by atoms with Crippen LogP contribution in [0.25, 0.3) is 0 Å².